The van der Waals surface area contributed by atoms with E-state index in [0.29, 0.717) is 0 Å². The molecule has 0 aliphatic carbocycles. The van der Waals surface area contributed by atoms with Crippen LogP contribution in [0.25, 0.3) is 33.6 Å². The summed E-state index contributed by atoms with van der Waals surface area (Å²) in [4.78, 5) is 4.95. The fourth-order valence-electron chi connectivity index (χ4n) is 2.93. The SMILES string of the molecule is Brc1ccc(-c2cc(-c3cccc(Br)c3)nc(-c3cccc(Br)c3)c2)cc1. The zero-order valence-corrected chi connectivity index (χ0v) is 18.9. The van der Waals surface area contributed by atoms with Gasteiger partial charge in [-0.15, -0.1) is 0 Å². The summed E-state index contributed by atoms with van der Waals surface area (Å²) in [7, 11) is 0. The molecule has 1 nitrogen and oxygen atoms in total. The lowest BCUT2D eigenvalue weighted by molar-refractivity contribution is 1.32. The minimum atomic E-state index is 0.951. The lowest BCUT2D eigenvalue weighted by Gasteiger charge is -2.11. The molecule has 4 heteroatoms. The molecular weight excluding hydrogens is 530 g/mol. The third-order valence-electron chi connectivity index (χ3n) is 4.24. The number of benzene rings is 3. The number of hydrogen-bond acceptors (Lipinski definition) is 1. The van der Waals surface area contributed by atoms with Crippen LogP contribution in [0.5, 0.6) is 0 Å². The minimum absolute atomic E-state index is 0.951. The number of pyridine rings is 1. The van der Waals surface area contributed by atoms with Gasteiger partial charge in [-0.25, -0.2) is 4.98 Å². The van der Waals surface area contributed by atoms with E-state index < -0.39 is 0 Å². The average Bonchev–Trinajstić information content (AvgIpc) is 2.68. The Hall–Kier alpha value is -1.75. The van der Waals surface area contributed by atoms with E-state index in [-0.39, 0.29) is 0 Å². The predicted molar refractivity (Wildman–Crippen MR) is 124 cm³/mol. The second-order valence-corrected chi connectivity index (χ2v) is 8.90. The Balaban J connectivity index is 1.92. The van der Waals surface area contributed by atoms with E-state index in [9.17, 15) is 0 Å². The van der Waals surface area contributed by atoms with Crippen LogP contribution in [-0.2, 0) is 0 Å². The molecule has 3 aromatic carbocycles. The van der Waals surface area contributed by atoms with Crippen LogP contribution in [0, 0.1) is 0 Å². The molecule has 0 spiro atoms. The molecule has 0 aliphatic rings. The zero-order chi connectivity index (χ0) is 18.8. The maximum atomic E-state index is 4.95. The summed E-state index contributed by atoms with van der Waals surface area (Å²) in [5.41, 5.74) is 6.37. The Morgan fingerprint density at radius 1 is 0.444 bits per heavy atom. The molecule has 0 amide bonds. The third-order valence-corrected chi connectivity index (χ3v) is 5.76. The summed E-state index contributed by atoms with van der Waals surface area (Å²) in [5, 5.41) is 0. The first kappa shape index (κ1) is 18.6. The smallest absolute Gasteiger partial charge is 0.0716 e. The minimum Gasteiger partial charge on any atom is -0.248 e. The molecule has 0 atom stereocenters. The Bertz CT molecular complexity index is 1040. The van der Waals surface area contributed by atoms with Gasteiger partial charge in [0.15, 0.2) is 0 Å². The topological polar surface area (TPSA) is 12.9 Å². The first-order chi connectivity index (χ1) is 13.1. The van der Waals surface area contributed by atoms with Gasteiger partial charge in [0.1, 0.15) is 0 Å². The first-order valence-corrected chi connectivity index (χ1v) is 10.8. The Morgan fingerprint density at radius 3 is 1.44 bits per heavy atom. The highest BCUT2D eigenvalue weighted by molar-refractivity contribution is 9.11. The molecule has 0 bridgehead atoms. The van der Waals surface area contributed by atoms with E-state index in [4.69, 9.17) is 4.98 Å². The van der Waals surface area contributed by atoms with Gasteiger partial charge < -0.3 is 0 Å². The van der Waals surface area contributed by atoms with Crippen LogP contribution in [0.4, 0.5) is 0 Å². The van der Waals surface area contributed by atoms with Gasteiger partial charge in [0.2, 0.25) is 0 Å². The summed E-state index contributed by atoms with van der Waals surface area (Å²) in [6.45, 7) is 0. The van der Waals surface area contributed by atoms with Crippen LogP contribution in [0.3, 0.4) is 0 Å². The van der Waals surface area contributed by atoms with Crippen molar-refractivity contribution in [3.63, 3.8) is 0 Å². The van der Waals surface area contributed by atoms with Crippen LogP contribution in [0.15, 0.2) is 98.3 Å². The van der Waals surface area contributed by atoms with Crippen molar-refractivity contribution in [2.45, 2.75) is 0 Å². The monoisotopic (exact) mass is 541 g/mol. The normalized spacial score (nSPS) is 10.8. The van der Waals surface area contributed by atoms with E-state index in [2.05, 4.69) is 108 Å². The van der Waals surface area contributed by atoms with Crippen LogP contribution < -0.4 is 0 Å². The molecular formula is C23H14Br3N. The van der Waals surface area contributed by atoms with Gasteiger partial charge in [0.25, 0.3) is 0 Å². The molecule has 132 valence electrons. The standard InChI is InChI=1S/C23H14Br3N/c24-19-9-7-15(8-10-19)18-13-22(16-3-1-5-20(25)11-16)27-23(14-18)17-4-2-6-21(26)12-17/h1-14H. The van der Waals surface area contributed by atoms with E-state index >= 15 is 0 Å². The highest BCUT2D eigenvalue weighted by Gasteiger charge is 2.09. The van der Waals surface area contributed by atoms with Crippen LogP contribution in [0.2, 0.25) is 0 Å². The van der Waals surface area contributed by atoms with Crippen molar-refractivity contribution >= 4 is 47.8 Å². The Morgan fingerprint density at radius 2 is 0.963 bits per heavy atom. The van der Waals surface area contributed by atoms with Crippen molar-refractivity contribution in [2.75, 3.05) is 0 Å². The Labute approximate surface area is 183 Å². The van der Waals surface area contributed by atoms with Crippen LogP contribution >= 0.6 is 47.8 Å². The van der Waals surface area contributed by atoms with E-state index in [1.54, 1.807) is 0 Å². The van der Waals surface area contributed by atoms with Crippen molar-refractivity contribution in [3.05, 3.63) is 98.3 Å². The summed E-state index contributed by atoms with van der Waals surface area (Å²) >= 11 is 10.6. The van der Waals surface area contributed by atoms with Gasteiger partial charge in [-0.05, 0) is 59.7 Å². The second kappa shape index (κ2) is 8.09. The fourth-order valence-corrected chi connectivity index (χ4v) is 3.99. The lowest BCUT2D eigenvalue weighted by Crippen LogP contribution is -1.91. The van der Waals surface area contributed by atoms with Gasteiger partial charge in [-0.1, -0.05) is 84.2 Å². The fraction of sp³-hybridized carbons (Fsp3) is 0. The maximum Gasteiger partial charge on any atom is 0.0716 e. The largest absolute Gasteiger partial charge is 0.248 e. The van der Waals surface area contributed by atoms with Gasteiger partial charge in [-0.2, -0.15) is 0 Å². The summed E-state index contributed by atoms with van der Waals surface area (Å²) in [6, 6.07) is 29.1. The summed E-state index contributed by atoms with van der Waals surface area (Å²) < 4.78 is 3.15. The van der Waals surface area contributed by atoms with Crippen LogP contribution in [0.1, 0.15) is 0 Å². The molecule has 0 saturated heterocycles. The molecule has 1 aromatic heterocycles. The average molecular weight is 544 g/mol. The highest BCUT2D eigenvalue weighted by atomic mass is 79.9. The molecule has 0 unspecified atom stereocenters. The molecule has 0 N–H and O–H groups in total. The number of rotatable bonds is 3. The van der Waals surface area contributed by atoms with E-state index in [1.807, 2.05) is 24.3 Å². The van der Waals surface area contributed by atoms with E-state index in [0.717, 1.165) is 47.1 Å². The predicted octanol–water partition coefficient (Wildman–Crippen LogP) is 8.37. The number of nitrogens with zero attached hydrogens (tertiary/aromatic N) is 1. The van der Waals surface area contributed by atoms with Crippen LogP contribution in [-0.4, -0.2) is 4.98 Å². The molecule has 0 aliphatic heterocycles. The number of aromatic nitrogens is 1. The Kier molecular flexibility index (Phi) is 5.58. The lowest BCUT2D eigenvalue weighted by atomic mass is 10.00. The van der Waals surface area contributed by atoms with Crippen molar-refractivity contribution in [1.29, 1.82) is 0 Å². The molecule has 0 saturated carbocycles. The molecule has 27 heavy (non-hydrogen) atoms. The molecule has 0 fully saturated rings. The second-order valence-electron chi connectivity index (χ2n) is 6.15. The van der Waals surface area contributed by atoms with Crippen molar-refractivity contribution in [3.8, 4) is 33.6 Å². The maximum absolute atomic E-state index is 4.95. The van der Waals surface area contributed by atoms with Gasteiger partial charge in [-0.3, -0.25) is 0 Å². The van der Waals surface area contributed by atoms with Crippen molar-refractivity contribution in [2.24, 2.45) is 0 Å². The number of halogens is 3. The van der Waals surface area contributed by atoms with E-state index in [1.165, 1.54) is 0 Å². The molecule has 1 heterocycles. The van der Waals surface area contributed by atoms with Gasteiger partial charge in [0.05, 0.1) is 11.4 Å². The third kappa shape index (κ3) is 4.40. The summed E-state index contributed by atoms with van der Waals surface area (Å²) in [6.07, 6.45) is 0. The molecule has 4 aromatic rings. The highest BCUT2D eigenvalue weighted by Crippen LogP contribution is 2.32. The first-order valence-electron chi connectivity index (χ1n) is 8.38. The van der Waals surface area contributed by atoms with Gasteiger partial charge >= 0.3 is 0 Å². The van der Waals surface area contributed by atoms with Gasteiger partial charge in [0, 0.05) is 24.5 Å². The molecule has 0 radical (unpaired) electrons. The van der Waals surface area contributed by atoms with Crippen molar-refractivity contribution < 1.29 is 0 Å². The quantitative estimate of drug-likeness (QED) is 0.253. The summed E-state index contributed by atoms with van der Waals surface area (Å²) in [5.74, 6) is 0. The van der Waals surface area contributed by atoms with Crippen molar-refractivity contribution in [1.82, 2.24) is 4.98 Å². The number of hydrogen-bond donors (Lipinski definition) is 0. The molecule has 4 rings (SSSR count). The zero-order valence-electron chi connectivity index (χ0n) is 14.2.